The molecule has 0 radical (unpaired) electrons. The van der Waals surface area contributed by atoms with E-state index in [1.54, 1.807) is 6.07 Å². The largest absolute Gasteiger partial charge is 0.508 e. The van der Waals surface area contributed by atoms with Crippen LogP contribution in [0.4, 0.5) is 0 Å². The van der Waals surface area contributed by atoms with E-state index in [9.17, 15) is 9.90 Å². The van der Waals surface area contributed by atoms with Gasteiger partial charge >= 0.3 is 5.97 Å². The number of nitriles is 1. The molecule has 0 aliphatic carbocycles. The number of aromatic hydroxyl groups is 1. The van der Waals surface area contributed by atoms with Crippen molar-refractivity contribution in [2.24, 2.45) is 0 Å². The van der Waals surface area contributed by atoms with Gasteiger partial charge in [-0.3, -0.25) is 4.79 Å². The number of hydrogen-bond acceptors (Lipinski definition) is 4. The number of methoxy groups -OCH3 is 1. The van der Waals surface area contributed by atoms with Crippen LogP contribution in [0.25, 0.3) is 0 Å². The van der Waals surface area contributed by atoms with Gasteiger partial charge in [-0.15, -0.1) is 0 Å². The maximum atomic E-state index is 11.2. The van der Waals surface area contributed by atoms with E-state index in [4.69, 9.17) is 5.26 Å². The average Bonchev–Trinajstić information content (AvgIpc) is 2.31. The van der Waals surface area contributed by atoms with E-state index in [1.165, 1.54) is 13.2 Å². The molecule has 0 atom stereocenters. The topological polar surface area (TPSA) is 70.3 Å². The van der Waals surface area contributed by atoms with Crippen LogP contribution in [0.1, 0.15) is 23.6 Å². The molecule has 16 heavy (non-hydrogen) atoms. The van der Waals surface area contributed by atoms with E-state index in [1.807, 2.05) is 13.0 Å². The van der Waals surface area contributed by atoms with Crippen LogP contribution in [0.5, 0.6) is 5.75 Å². The summed E-state index contributed by atoms with van der Waals surface area (Å²) in [5.41, 5.74) is 1.53. The highest BCUT2D eigenvalue weighted by Gasteiger charge is 2.15. The second-order valence-corrected chi connectivity index (χ2v) is 3.32. The molecule has 0 unspecified atom stereocenters. The second-order valence-electron chi connectivity index (χ2n) is 3.32. The lowest BCUT2D eigenvalue weighted by molar-refractivity contribution is -0.139. The van der Waals surface area contributed by atoms with Crippen LogP contribution < -0.4 is 0 Å². The Labute approximate surface area is 94.1 Å². The van der Waals surface area contributed by atoms with E-state index in [0.29, 0.717) is 17.5 Å². The molecule has 1 N–H and O–H groups in total. The van der Waals surface area contributed by atoms with Gasteiger partial charge in [0.05, 0.1) is 25.2 Å². The monoisotopic (exact) mass is 219 g/mol. The molecule has 0 saturated carbocycles. The first-order chi connectivity index (χ1) is 7.63. The van der Waals surface area contributed by atoms with Crippen molar-refractivity contribution in [3.8, 4) is 11.8 Å². The molecule has 0 spiro atoms. The fourth-order valence-corrected chi connectivity index (χ4v) is 1.51. The number of benzene rings is 1. The Balaban J connectivity index is 3.25. The van der Waals surface area contributed by atoms with E-state index < -0.39 is 5.97 Å². The molecule has 0 bridgehead atoms. The van der Waals surface area contributed by atoms with Crippen molar-refractivity contribution in [2.45, 2.75) is 19.8 Å². The van der Waals surface area contributed by atoms with E-state index in [2.05, 4.69) is 4.74 Å². The summed E-state index contributed by atoms with van der Waals surface area (Å²) in [6.07, 6.45) is 0.594. The summed E-state index contributed by atoms with van der Waals surface area (Å²) in [6, 6.07) is 5.20. The Morgan fingerprint density at radius 3 is 2.75 bits per heavy atom. The summed E-state index contributed by atoms with van der Waals surface area (Å²) in [5, 5.41) is 18.7. The molecule has 0 aliphatic heterocycles. The fourth-order valence-electron chi connectivity index (χ4n) is 1.51. The predicted molar refractivity (Wildman–Crippen MR) is 57.9 cm³/mol. The van der Waals surface area contributed by atoms with Crippen LogP contribution in [0.2, 0.25) is 0 Å². The average molecular weight is 219 g/mol. The van der Waals surface area contributed by atoms with Crippen molar-refractivity contribution < 1.29 is 14.6 Å². The van der Waals surface area contributed by atoms with Gasteiger partial charge < -0.3 is 9.84 Å². The summed E-state index contributed by atoms with van der Waals surface area (Å²) in [4.78, 5) is 11.2. The fraction of sp³-hybridized carbons (Fsp3) is 0.333. The van der Waals surface area contributed by atoms with Gasteiger partial charge in [0.15, 0.2) is 0 Å². The third-order valence-electron chi connectivity index (χ3n) is 2.42. The van der Waals surface area contributed by atoms with Crippen LogP contribution in [-0.4, -0.2) is 18.2 Å². The number of phenols is 1. The maximum absolute atomic E-state index is 11.2. The lowest BCUT2D eigenvalue weighted by Gasteiger charge is -2.09. The van der Waals surface area contributed by atoms with Gasteiger partial charge in [-0.25, -0.2) is 0 Å². The number of carbonyl (C=O) groups is 1. The van der Waals surface area contributed by atoms with Crippen LogP contribution in [0, 0.1) is 11.3 Å². The lowest BCUT2D eigenvalue weighted by Crippen LogP contribution is -2.07. The number of aryl methyl sites for hydroxylation is 1. The molecule has 1 aromatic carbocycles. The zero-order valence-electron chi connectivity index (χ0n) is 9.28. The molecule has 0 aromatic heterocycles. The van der Waals surface area contributed by atoms with Crippen molar-refractivity contribution in [3.05, 3.63) is 28.8 Å². The Morgan fingerprint density at radius 2 is 2.25 bits per heavy atom. The minimum Gasteiger partial charge on any atom is -0.508 e. The summed E-state index contributed by atoms with van der Waals surface area (Å²) < 4.78 is 4.52. The van der Waals surface area contributed by atoms with Crippen LogP contribution in [0.3, 0.4) is 0 Å². The summed E-state index contributed by atoms with van der Waals surface area (Å²) in [6.45, 7) is 1.91. The van der Waals surface area contributed by atoms with Crippen molar-refractivity contribution in [3.63, 3.8) is 0 Å². The van der Waals surface area contributed by atoms with Crippen molar-refractivity contribution in [1.82, 2.24) is 0 Å². The van der Waals surface area contributed by atoms with Gasteiger partial charge in [-0.1, -0.05) is 13.0 Å². The smallest absolute Gasteiger partial charge is 0.310 e. The number of hydrogen-bond donors (Lipinski definition) is 1. The molecule has 84 valence electrons. The van der Waals surface area contributed by atoms with Gasteiger partial charge in [0.1, 0.15) is 5.75 Å². The first-order valence-electron chi connectivity index (χ1n) is 4.94. The Hall–Kier alpha value is -2.02. The van der Waals surface area contributed by atoms with Gasteiger partial charge in [-0.2, -0.15) is 5.26 Å². The number of nitrogens with zero attached hydrogens (tertiary/aromatic N) is 1. The van der Waals surface area contributed by atoms with Crippen molar-refractivity contribution in [1.29, 1.82) is 5.26 Å². The SMILES string of the molecule is CCc1ccc(O)c(CC(=O)OC)c1C#N. The maximum Gasteiger partial charge on any atom is 0.310 e. The zero-order valence-corrected chi connectivity index (χ0v) is 9.28. The van der Waals surface area contributed by atoms with E-state index in [0.717, 1.165) is 5.56 Å². The number of esters is 1. The molecule has 4 nitrogen and oxygen atoms in total. The Kier molecular flexibility index (Phi) is 3.90. The minimum absolute atomic E-state index is 0.0425. The molecular formula is C12H13NO3. The summed E-state index contributed by atoms with van der Waals surface area (Å²) in [5.74, 6) is -0.515. The van der Waals surface area contributed by atoms with Crippen molar-refractivity contribution >= 4 is 5.97 Å². The molecule has 4 heteroatoms. The lowest BCUT2D eigenvalue weighted by atomic mass is 9.97. The second kappa shape index (κ2) is 5.17. The minimum atomic E-state index is -0.472. The molecule has 1 aromatic rings. The number of ether oxygens (including phenoxy) is 1. The number of carbonyl (C=O) groups excluding carboxylic acids is 1. The standard InChI is InChI=1S/C12H13NO3/c1-3-8-4-5-11(14)9(10(8)7-13)6-12(15)16-2/h4-5,14H,3,6H2,1-2H3. The third-order valence-corrected chi connectivity index (χ3v) is 2.42. The molecule has 0 aliphatic rings. The molecular weight excluding hydrogens is 206 g/mol. The van der Waals surface area contributed by atoms with Gasteiger partial charge in [0, 0.05) is 5.56 Å². The highest BCUT2D eigenvalue weighted by molar-refractivity contribution is 5.75. The molecule has 0 heterocycles. The van der Waals surface area contributed by atoms with Gasteiger partial charge in [0.2, 0.25) is 0 Å². The molecule has 0 saturated heterocycles. The van der Waals surface area contributed by atoms with Crippen LogP contribution in [0.15, 0.2) is 12.1 Å². The number of phenolic OH excluding ortho intramolecular Hbond substituents is 1. The number of rotatable bonds is 3. The van der Waals surface area contributed by atoms with Crippen LogP contribution in [-0.2, 0) is 22.4 Å². The quantitative estimate of drug-likeness (QED) is 0.783. The summed E-state index contributed by atoms with van der Waals surface area (Å²) >= 11 is 0. The normalized spacial score (nSPS) is 9.56. The molecule has 0 amide bonds. The van der Waals surface area contributed by atoms with Gasteiger partial charge in [0.25, 0.3) is 0 Å². The highest BCUT2D eigenvalue weighted by Crippen LogP contribution is 2.25. The predicted octanol–water partition coefficient (Wildman–Crippen LogP) is 1.54. The third kappa shape index (κ3) is 2.31. The Bertz CT molecular complexity index is 446. The molecule has 1 rings (SSSR count). The van der Waals surface area contributed by atoms with E-state index >= 15 is 0 Å². The van der Waals surface area contributed by atoms with Crippen molar-refractivity contribution in [2.75, 3.05) is 7.11 Å². The first-order valence-corrected chi connectivity index (χ1v) is 4.94. The van der Waals surface area contributed by atoms with Crippen LogP contribution >= 0.6 is 0 Å². The first kappa shape index (κ1) is 12.1. The highest BCUT2D eigenvalue weighted by atomic mass is 16.5. The molecule has 0 fully saturated rings. The van der Waals surface area contributed by atoms with E-state index in [-0.39, 0.29) is 12.2 Å². The zero-order chi connectivity index (χ0) is 12.1. The Morgan fingerprint density at radius 1 is 1.56 bits per heavy atom. The summed E-state index contributed by atoms with van der Waals surface area (Å²) in [7, 11) is 1.27. The van der Waals surface area contributed by atoms with Gasteiger partial charge in [-0.05, 0) is 18.1 Å².